The molecule has 5 heteroatoms. The fraction of sp³-hybridized carbons (Fsp3) is 0.545. The van der Waals surface area contributed by atoms with Gasteiger partial charge in [-0.1, -0.05) is 6.58 Å². The van der Waals surface area contributed by atoms with Crippen molar-refractivity contribution in [2.24, 2.45) is 5.16 Å². The van der Waals surface area contributed by atoms with Crippen molar-refractivity contribution in [3.8, 4) is 0 Å². The highest BCUT2D eigenvalue weighted by Gasteiger charge is 2.15. The zero-order valence-corrected chi connectivity index (χ0v) is 13.2. The summed E-state index contributed by atoms with van der Waals surface area (Å²) in [6.07, 6.45) is 5.20. The van der Waals surface area contributed by atoms with Gasteiger partial charge in [-0.05, 0) is 51.4 Å². The third kappa shape index (κ3) is 11.3. The third-order valence-corrected chi connectivity index (χ3v) is 2.72. The highest BCUT2D eigenvalue weighted by atomic mass is 28.4. The lowest BCUT2D eigenvalue weighted by atomic mass is 10.5. The van der Waals surface area contributed by atoms with Crippen LogP contribution in [0.25, 0.3) is 0 Å². The second kappa shape index (κ2) is 6.05. The van der Waals surface area contributed by atoms with Crippen molar-refractivity contribution in [3.63, 3.8) is 0 Å². The van der Waals surface area contributed by atoms with Crippen molar-refractivity contribution in [1.29, 1.82) is 0 Å². The van der Waals surface area contributed by atoms with Gasteiger partial charge in [-0.2, -0.15) is 0 Å². The minimum Gasteiger partial charge on any atom is -0.545 e. The van der Waals surface area contributed by atoms with E-state index in [0.29, 0.717) is 5.76 Å². The molecule has 0 rings (SSSR count). The first-order chi connectivity index (χ1) is 7.10. The SMILES string of the molecule is C=C(/C=C/C=N\O[Si](C)(C)C)O[Si](C)(C)C. The summed E-state index contributed by atoms with van der Waals surface area (Å²) in [4.78, 5) is 0. The predicted octanol–water partition coefficient (Wildman–Crippen LogP) is 3.75. The molecule has 92 valence electrons. The molecule has 0 fully saturated rings. The average Bonchev–Trinajstić information content (AvgIpc) is 1.97. The summed E-state index contributed by atoms with van der Waals surface area (Å²) < 4.78 is 11.0. The van der Waals surface area contributed by atoms with Gasteiger partial charge in [0.15, 0.2) is 0 Å². The Balaban J connectivity index is 3.98. The molecule has 0 aromatic heterocycles. The van der Waals surface area contributed by atoms with E-state index in [9.17, 15) is 0 Å². The Morgan fingerprint density at radius 1 is 1.06 bits per heavy atom. The van der Waals surface area contributed by atoms with Crippen LogP contribution in [0.4, 0.5) is 0 Å². The van der Waals surface area contributed by atoms with Crippen LogP contribution < -0.4 is 0 Å². The topological polar surface area (TPSA) is 30.8 Å². The second-order valence-electron chi connectivity index (χ2n) is 5.50. The van der Waals surface area contributed by atoms with Crippen LogP contribution in [0.5, 0.6) is 0 Å². The monoisotopic (exact) mass is 257 g/mol. The molecule has 0 heterocycles. The first-order valence-corrected chi connectivity index (χ1v) is 12.2. The van der Waals surface area contributed by atoms with Crippen molar-refractivity contribution in [2.75, 3.05) is 0 Å². The molecule has 0 spiro atoms. The molecular weight excluding hydrogens is 234 g/mol. The Morgan fingerprint density at radius 2 is 1.62 bits per heavy atom. The van der Waals surface area contributed by atoms with Crippen LogP contribution in [0.15, 0.2) is 29.6 Å². The zero-order chi connectivity index (χ0) is 12.8. The van der Waals surface area contributed by atoms with Gasteiger partial charge in [0.25, 0.3) is 8.32 Å². The van der Waals surface area contributed by atoms with Gasteiger partial charge in [-0.3, -0.25) is 0 Å². The van der Waals surface area contributed by atoms with E-state index in [-0.39, 0.29) is 0 Å². The summed E-state index contributed by atoms with van der Waals surface area (Å²) >= 11 is 0. The van der Waals surface area contributed by atoms with Crippen molar-refractivity contribution in [1.82, 2.24) is 0 Å². The Bertz CT molecular complexity index is 285. The van der Waals surface area contributed by atoms with E-state index in [0.717, 1.165) is 0 Å². The second-order valence-corrected chi connectivity index (χ2v) is 14.3. The van der Waals surface area contributed by atoms with E-state index in [4.69, 9.17) is 8.95 Å². The van der Waals surface area contributed by atoms with E-state index >= 15 is 0 Å². The van der Waals surface area contributed by atoms with E-state index in [1.807, 2.05) is 0 Å². The lowest BCUT2D eigenvalue weighted by Crippen LogP contribution is -2.24. The molecule has 0 bridgehead atoms. The molecule has 0 aliphatic heterocycles. The van der Waals surface area contributed by atoms with Crippen LogP contribution in [0.2, 0.25) is 39.3 Å². The predicted molar refractivity (Wildman–Crippen MR) is 75.6 cm³/mol. The lowest BCUT2D eigenvalue weighted by Gasteiger charge is -2.18. The van der Waals surface area contributed by atoms with Gasteiger partial charge >= 0.3 is 0 Å². The molecule has 0 radical (unpaired) electrons. The number of hydrogen-bond donors (Lipinski definition) is 0. The molecule has 0 saturated heterocycles. The molecule has 0 unspecified atom stereocenters. The quantitative estimate of drug-likeness (QED) is 0.238. The number of nitrogens with zero attached hydrogens (tertiary/aromatic N) is 1. The van der Waals surface area contributed by atoms with Crippen LogP contribution >= 0.6 is 0 Å². The molecule has 0 aliphatic rings. The van der Waals surface area contributed by atoms with E-state index in [1.165, 1.54) is 0 Å². The molecule has 0 aliphatic carbocycles. The summed E-state index contributed by atoms with van der Waals surface area (Å²) in [6, 6.07) is 0. The highest BCUT2D eigenvalue weighted by molar-refractivity contribution is 6.70. The maximum Gasteiger partial charge on any atom is 0.278 e. The van der Waals surface area contributed by atoms with Crippen molar-refractivity contribution < 1.29 is 8.95 Å². The first kappa shape index (κ1) is 15.2. The largest absolute Gasteiger partial charge is 0.545 e. The molecular formula is C11H23NO2Si2. The van der Waals surface area contributed by atoms with Crippen molar-refractivity contribution in [2.45, 2.75) is 39.3 Å². The smallest absolute Gasteiger partial charge is 0.278 e. The molecule has 0 aromatic carbocycles. The van der Waals surface area contributed by atoms with Crippen LogP contribution in [-0.4, -0.2) is 22.8 Å². The van der Waals surface area contributed by atoms with Crippen molar-refractivity contribution >= 4 is 22.8 Å². The maximum absolute atomic E-state index is 5.65. The van der Waals surface area contributed by atoms with Gasteiger partial charge in [0.1, 0.15) is 0 Å². The average molecular weight is 257 g/mol. The normalized spacial score (nSPS) is 13.4. The fourth-order valence-electron chi connectivity index (χ4n) is 0.801. The first-order valence-electron chi connectivity index (χ1n) is 5.36. The van der Waals surface area contributed by atoms with Crippen LogP contribution in [0, 0.1) is 0 Å². The Labute approximate surface area is 101 Å². The molecule has 0 aromatic rings. The number of allylic oxidation sites excluding steroid dienone is 2. The summed E-state index contributed by atoms with van der Waals surface area (Å²) in [5, 5.41) is 3.88. The number of rotatable bonds is 6. The Hall–Kier alpha value is -0.816. The third-order valence-electron chi connectivity index (χ3n) is 1.19. The number of oxime groups is 1. The van der Waals surface area contributed by atoms with E-state index in [2.05, 4.69) is 51.0 Å². The highest BCUT2D eigenvalue weighted by Crippen LogP contribution is 2.09. The Kier molecular flexibility index (Phi) is 5.74. The molecule has 0 amide bonds. The molecule has 16 heavy (non-hydrogen) atoms. The molecule has 0 N–H and O–H groups in total. The van der Waals surface area contributed by atoms with E-state index < -0.39 is 16.6 Å². The minimum absolute atomic E-state index is 0.679. The van der Waals surface area contributed by atoms with Gasteiger partial charge < -0.3 is 8.95 Å². The summed E-state index contributed by atoms with van der Waals surface area (Å²) in [5.74, 6) is 0.679. The summed E-state index contributed by atoms with van der Waals surface area (Å²) in [7, 11) is -3.09. The summed E-state index contributed by atoms with van der Waals surface area (Å²) in [6.45, 7) is 16.4. The maximum atomic E-state index is 5.65. The van der Waals surface area contributed by atoms with Crippen LogP contribution in [0.3, 0.4) is 0 Å². The van der Waals surface area contributed by atoms with Gasteiger partial charge in [-0.25, -0.2) is 0 Å². The standard InChI is InChI=1S/C11H23NO2Si2/c1-11(13-15(2,3)4)9-8-10-12-14-16(5,6)7/h8-10H,1H2,2-7H3/b9-8+,12-10-. The summed E-state index contributed by atoms with van der Waals surface area (Å²) in [5.41, 5.74) is 0. The van der Waals surface area contributed by atoms with Crippen LogP contribution in [0.1, 0.15) is 0 Å². The minimum atomic E-state index is -1.55. The van der Waals surface area contributed by atoms with Gasteiger partial charge in [0.05, 0.1) is 12.0 Å². The van der Waals surface area contributed by atoms with Gasteiger partial charge in [0.2, 0.25) is 8.32 Å². The molecule has 0 saturated carbocycles. The lowest BCUT2D eigenvalue weighted by molar-refractivity contribution is 0.338. The fourth-order valence-corrected chi connectivity index (χ4v) is 2.03. The molecule has 3 nitrogen and oxygen atoms in total. The molecule has 0 atom stereocenters. The van der Waals surface area contributed by atoms with Gasteiger partial charge in [0, 0.05) is 0 Å². The number of hydrogen-bond acceptors (Lipinski definition) is 3. The van der Waals surface area contributed by atoms with Crippen molar-refractivity contribution in [3.05, 3.63) is 24.5 Å². The Morgan fingerprint density at radius 3 is 2.06 bits per heavy atom. The van der Waals surface area contributed by atoms with Gasteiger partial charge in [-0.15, -0.1) is 5.16 Å². The zero-order valence-electron chi connectivity index (χ0n) is 11.2. The van der Waals surface area contributed by atoms with E-state index in [1.54, 1.807) is 18.4 Å². The van der Waals surface area contributed by atoms with Crippen LogP contribution in [-0.2, 0) is 8.95 Å².